The lowest BCUT2D eigenvalue weighted by Gasteiger charge is -2.31. The molecule has 0 saturated carbocycles. The third-order valence-corrected chi connectivity index (χ3v) is 4.01. The lowest BCUT2D eigenvalue weighted by Crippen LogP contribution is -2.49. The van der Waals surface area contributed by atoms with Gasteiger partial charge < -0.3 is 5.73 Å². The second kappa shape index (κ2) is 4.92. The van der Waals surface area contributed by atoms with Crippen molar-refractivity contribution in [3.63, 3.8) is 0 Å². The molecule has 0 spiro atoms. The van der Waals surface area contributed by atoms with Crippen LogP contribution in [0.1, 0.15) is 33.1 Å². The Kier molecular flexibility index (Phi) is 4.23. The van der Waals surface area contributed by atoms with E-state index in [4.69, 9.17) is 5.73 Å². The van der Waals surface area contributed by atoms with Gasteiger partial charge >= 0.3 is 6.18 Å². The minimum Gasteiger partial charge on any atom is -0.329 e. The highest BCUT2D eigenvalue weighted by Gasteiger charge is 2.47. The van der Waals surface area contributed by atoms with Gasteiger partial charge in [0.25, 0.3) is 0 Å². The van der Waals surface area contributed by atoms with Gasteiger partial charge in [-0.05, 0) is 31.2 Å². The topological polar surface area (TPSA) is 29.3 Å². The predicted molar refractivity (Wildman–Crippen MR) is 58.1 cm³/mol. The van der Waals surface area contributed by atoms with Crippen molar-refractivity contribution < 1.29 is 13.2 Å². The molecular weight excluding hydrogens is 217 g/mol. The second-order valence-electron chi connectivity index (χ2n) is 4.72. The molecule has 0 radical (unpaired) electrons. The van der Waals surface area contributed by atoms with Crippen LogP contribution in [0.25, 0.3) is 0 Å². The van der Waals surface area contributed by atoms with Gasteiger partial charge in [-0.2, -0.15) is 13.2 Å². The molecule has 0 aromatic rings. The van der Waals surface area contributed by atoms with E-state index >= 15 is 0 Å². The molecule has 0 aliphatic carbocycles. The summed E-state index contributed by atoms with van der Waals surface area (Å²) in [5.74, 6) is 0. The van der Waals surface area contributed by atoms with Crippen molar-refractivity contribution in [2.24, 2.45) is 11.1 Å². The summed E-state index contributed by atoms with van der Waals surface area (Å²) in [6.45, 7) is 4.81. The van der Waals surface area contributed by atoms with Crippen LogP contribution < -0.4 is 5.73 Å². The Morgan fingerprint density at radius 1 is 1.31 bits per heavy atom. The number of alkyl halides is 3. The zero-order valence-electron chi connectivity index (χ0n) is 9.98. The fraction of sp³-hybridized carbons (Fsp3) is 1.00. The Morgan fingerprint density at radius 3 is 2.19 bits per heavy atom. The minimum atomic E-state index is -4.20. The van der Waals surface area contributed by atoms with Gasteiger partial charge in [0.05, 0.1) is 0 Å². The number of halogens is 3. The van der Waals surface area contributed by atoms with Crippen LogP contribution in [0.3, 0.4) is 0 Å². The number of likely N-dealkylation sites (tertiary alicyclic amines) is 1. The van der Waals surface area contributed by atoms with E-state index in [-0.39, 0.29) is 12.0 Å². The second-order valence-corrected chi connectivity index (χ2v) is 4.72. The van der Waals surface area contributed by atoms with Gasteiger partial charge in [0.2, 0.25) is 0 Å². The average Bonchev–Trinajstić information content (AvgIpc) is 2.62. The third-order valence-electron chi connectivity index (χ3n) is 4.01. The van der Waals surface area contributed by atoms with Gasteiger partial charge in [0.1, 0.15) is 6.04 Å². The van der Waals surface area contributed by atoms with Crippen LogP contribution in [-0.4, -0.2) is 36.8 Å². The van der Waals surface area contributed by atoms with Crippen molar-refractivity contribution in [2.75, 3.05) is 19.6 Å². The van der Waals surface area contributed by atoms with Gasteiger partial charge in [-0.1, -0.05) is 13.8 Å². The third kappa shape index (κ3) is 2.69. The molecule has 1 aliphatic rings. The van der Waals surface area contributed by atoms with E-state index in [1.54, 1.807) is 0 Å². The van der Waals surface area contributed by atoms with Crippen LogP contribution in [0.15, 0.2) is 0 Å². The van der Waals surface area contributed by atoms with Crippen LogP contribution in [0.4, 0.5) is 13.2 Å². The summed E-state index contributed by atoms with van der Waals surface area (Å²) in [5, 5.41) is 0. The first-order chi connectivity index (χ1) is 7.38. The number of nitrogens with two attached hydrogens (primary N) is 1. The maximum absolute atomic E-state index is 12.7. The van der Waals surface area contributed by atoms with E-state index in [0.29, 0.717) is 13.1 Å². The molecule has 1 saturated heterocycles. The van der Waals surface area contributed by atoms with Crippen LogP contribution in [0.2, 0.25) is 0 Å². The molecule has 1 aliphatic heterocycles. The highest BCUT2D eigenvalue weighted by molar-refractivity contribution is 4.93. The summed E-state index contributed by atoms with van der Waals surface area (Å²) in [7, 11) is 0. The molecule has 2 nitrogen and oxygen atoms in total. The van der Waals surface area contributed by atoms with E-state index in [0.717, 1.165) is 19.3 Å². The van der Waals surface area contributed by atoms with E-state index in [2.05, 4.69) is 13.8 Å². The van der Waals surface area contributed by atoms with E-state index in [1.165, 1.54) is 4.90 Å². The Balaban J connectivity index is 2.71. The van der Waals surface area contributed by atoms with Crippen LogP contribution >= 0.6 is 0 Å². The van der Waals surface area contributed by atoms with Crippen molar-refractivity contribution in [1.29, 1.82) is 0 Å². The zero-order valence-corrected chi connectivity index (χ0v) is 9.98. The van der Waals surface area contributed by atoms with Gasteiger partial charge in [-0.3, -0.25) is 4.90 Å². The lowest BCUT2D eigenvalue weighted by molar-refractivity contribution is -0.179. The Bertz CT molecular complexity index is 224. The lowest BCUT2D eigenvalue weighted by atomic mass is 9.82. The molecule has 2 N–H and O–H groups in total. The van der Waals surface area contributed by atoms with Crippen LogP contribution in [0.5, 0.6) is 0 Å². The molecule has 0 aromatic carbocycles. The predicted octanol–water partition coefficient (Wildman–Crippen LogP) is 2.39. The molecule has 5 heteroatoms. The number of hydrogen-bond donors (Lipinski definition) is 1. The van der Waals surface area contributed by atoms with Crippen molar-refractivity contribution >= 4 is 0 Å². The molecule has 0 amide bonds. The average molecular weight is 238 g/mol. The minimum absolute atomic E-state index is 0.0681. The number of hydrogen-bond acceptors (Lipinski definition) is 2. The first kappa shape index (κ1) is 13.8. The molecule has 96 valence electrons. The summed E-state index contributed by atoms with van der Waals surface area (Å²) in [6.07, 6.45) is -1.47. The summed E-state index contributed by atoms with van der Waals surface area (Å²) in [4.78, 5) is 1.51. The largest absolute Gasteiger partial charge is 0.405 e. The van der Waals surface area contributed by atoms with E-state index in [9.17, 15) is 13.2 Å². The molecule has 1 heterocycles. The standard InChI is InChI=1S/C11H21F3N2/c1-3-10(4-2)5-6-16(8-10)9(7-15)11(12,13)14/h9H,3-8,15H2,1-2H3. The summed E-state index contributed by atoms with van der Waals surface area (Å²) in [6, 6.07) is -1.47. The first-order valence-electron chi connectivity index (χ1n) is 5.89. The molecule has 0 aromatic heterocycles. The summed E-state index contributed by atoms with van der Waals surface area (Å²) in [5.41, 5.74) is 5.32. The molecule has 16 heavy (non-hydrogen) atoms. The summed E-state index contributed by atoms with van der Waals surface area (Å²) >= 11 is 0. The Morgan fingerprint density at radius 2 is 1.88 bits per heavy atom. The zero-order chi connectivity index (χ0) is 12.4. The SMILES string of the molecule is CCC1(CC)CCN(C(CN)C(F)(F)F)C1. The molecule has 1 atom stereocenters. The normalized spacial score (nSPS) is 23.6. The highest BCUT2D eigenvalue weighted by Crippen LogP contribution is 2.39. The van der Waals surface area contributed by atoms with Crippen molar-refractivity contribution in [1.82, 2.24) is 4.90 Å². The highest BCUT2D eigenvalue weighted by atomic mass is 19.4. The summed E-state index contributed by atoms with van der Waals surface area (Å²) < 4.78 is 38.1. The quantitative estimate of drug-likeness (QED) is 0.814. The fourth-order valence-corrected chi connectivity index (χ4v) is 2.55. The van der Waals surface area contributed by atoms with Gasteiger partial charge in [0, 0.05) is 13.1 Å². The fourth-order valence-electron chi connectivity index (χ4n) is 2.55. The van der Waals surface area contributed by atoms with Crippen molar-refractivity contribution in [3.05, 3.63) is 0 Å². The van der Waals surface area contributed by atoms with Gasteiger partial charge in [0.15, 0.2) is 0 Å². The molecule has 1 unspecified atom stereocenters. The molecule has 1 fully saturated rings. The Labute approximate surface area is 95.0 Å². The monoisotopic (exact) mass is 238 g/mol. The molecule has 1 rings (SSSR count). The van der Waals surface area contributed by atoms with Gasteiger partial charge in [-0.15, -0.1) is 0 Å². The van der Waals surface area contributed by atoms with E-state index < -0.39 is 12.2 Å². The maximum Gasteiger partial charge on any atom is 0.405 e. The maximum atomic E-state index is 12.7. The van der Waals surface area contributed by atoms with Crippen LogP contribution in [-0.2, 0) is 0 Å². The van der Waals surface area contributed by atoms with E-state index in [1.807, 2.05) is 0 Å². The number of rotatable bonds is 4. The van der Waals surface area contributed by atoms with Crippen LogP contribution in [0, 0.1) is 5.41 Å². The molecular formula is C11H21F3N2. The number of nitrogens with zero attached hydrogens (tertiary/aromatic N) is 1. The first-order valence-corrected chi connectivity index (χ1v) is 5.89. The molecule has 0 bridgehead atoms. The van der Waals surface area contributed by atoms with Gasteiger partial charge in [-0.25, -0.2) is 0 Å². The smallest absolute Gasteiger partial charge is 0.329 e. The van der Waals surface area contributed by atoms with Crippen molar-refractivity contribution in [3.8, 4) is 0 Å². The Hall–Kier alpha value is -0.290. The van der Waals surface area contributed by atoms with Crippen molar-refractivity contribution in [2.45, 2.75) is 45.3 Å².